The van der Waals surface area contributed by atoms with Crippen molar-refractivity contribution in [3.63, 3.8) is 0 Å². The van der Waals surface area contributed by atoms with Crippen LogP contribution < -0.4 is 5.32 Å². The number of amides is 1. The number of sulfonamides is 1. The Kier molecular flexibility index (Phi) is 7.09. The number of aryl methyl sites for hydroxylation is 1. The number of benzene rings is 1. The molecule has 0 spiro atoms. The first-order valence-electron chi connectivity index (χ1n) is 10.8. The summed E-state index contributed by atoms with van der Waals surface area (Å²) < 4.78 is 35.4. The summed E-state index contributed by atoms with van der Waals surface area (Å²) in [7, 11) is -2.28. The number of anilines is 1. The van der Waals surface area contributed by atoms with Crippen LogP contribution in [0.5, 0.6) is 0 Å². The van der Waals surface area contributed by atoms with E-state index in [4.69, 9.17) is 4.74 Å². The molecule has 1 amide bonds. The van der Waals surface area contributed by atoms with Crippen molar-refractivity contribution in [3.05, 3.63) is 46.8 Å². The average molecular weight is 462 g/mol. The molecular formula is C23H31N3O5S. The summed E-state index contributed by atoms with van der Waals surface area (Å²) >= 11 is 0. The van der Waals surface area contributed by atoms with Gasteiger partial charge in [0.05, 0.1) is 12.5 Å². The van der Waals surface area contributed by atoms with Gasteiger partial charge in [-0.2, -0.15) is 4.31 Å². The average Bonchev–Trinajstić information content (AvgIpc) is 3.00. The van der Waals surface area contributed by atoms with E-state index in [1.165, 1.54) is 4.31 Å². The molecule has 32 heavy (non-hydrogen) atoms. The van der Waals surface area contributed by atoms with Gasteiger partial charge in [-0.3, -0.25) is 4.79 Å². The minimum atomic E-state index is -4.00. The Balaban J connectivity index is 1.87. The maximum absolute atomic E-state index is 13.6. The molecule has 1 aliphatic heterocycles. The number of carbonyl (C=O) groups excluding carboxylic acids is 2. The zero-order valence-corrected chi connectivity index (χ0v) is 20.1. The Hall–Kier alpha value is -2.65. The topological polar surface area (TPSA) is 97.7 Å². The molecule has 0 radical (unpaired) electrons. The van der Waals surface area contributed by atoms with Gasteiger partial charge in [-0.15, -0.1) is 0 Å². The first kappa shape index (κ1) is 24.0. The van der Waals surface area contributed by atoms with Gasteiger partial charge in [-0.25, -0.2) is 13.2 Å². The Labute approximate surface area is 189 Å². The van der Waals surface area contributed by atoms with Gasteiger partial charge < -0.3 is 14.6 Å². The van der Waals surface area contributed by atoms with Crippen LogP contribution in [0, 0.1) is 26.7 Å². The van der Waals surface area contributed by atoms with E-state index in [-0.39, 0.29) is 29.5 Å². The third-order valence-electron chi connectivity index (χ3n) is 6.08. The van der Waals surface area contributed by atoms with Crippen molar-refractivity contribution in [2.24, 2.45) is 13.0 Å². The number of nitrogens with zero attached hydrogens (tertiary/aromatic N) is 2. The molecule has 1 aromatic carbocycles. The lowest BCUT2D eigenvalue weighted by Gasteiger charge is -2.31. The van der Waals surface area contributed by atoms with E-state index >= 15 is 0 Å². The fraction of sp³-hybridized carbons (Fsp3) is 0.478. The van der Waals surface area contributed by atoms with Gasteiger partial charge >= 0.3 is 5.97 Å². The third kappa shape index (κ3) is 4.59. The molecule has 3 rings (SSSR count). The molecule has 1 aromatic heterocycles. The molecule has 1 N–H and O–H groups in total. The van der Waals surface area contributed by atoms with Gasteiger partial charge in [-0.1, -0.05) is 17.7 Å². The zero-order valence-electron chi connectivity index (χ0n) is 19.3. The van der Waals surface area contributed by atoms with E-state index in [1.807, 2.05) is 31.2 Å². The normalized spacial score (nSPS) is 17.2. The number of hydrogen-bond acceptors (Lipinski definition) is 5. The minimum absolute atomic E-state index is 0.0319. The summed E-state index contributed by atoms with van der Waals surface area (Å²) in [6, 6.07) is 7.47. The second kappa shape index (κ2) is 9.46. The van der Waals surface area contributed by atoms with Crippen molar-refractivity contribution in [2.75, 3.05) is 25.0 Å². The molecule has 174 valence electrons. The summed E-state index contributed by atoms with van der Waals surface area (Å²) in [5, 5.41) is 2.88. The van der Waals surface area contributed by atoms with Crippen LogP contribution in [-0.2, 0) is 26.6 Å². The highest BCUT2D eigenvalue weighted by molar-refractivity contribution is 7.89. The SMILES string of the molecule is CCOC(=O)c1c(S(=O)(=O)N2CCC[C@H](C(=O)Nc3ccc(C)cc3)C2)c(C)n(C)c1C. The predicted molar refractivity (Wildman–Crippen MR) is 122 cm³/mol. The second-order valence-electron chi connectivity index (χ2n) is 8.21. The standard InChI is InChI=1S/C23H31N3O5S/c1-6-31-23(28)20-16(3)25(5)17(4)21(20)32(29,30)26-13-7-8-18(14-26)22(27)24-19-11-9-15(2)10-12-19/h9-12,18H,6-8,13-14H2,1-5H3,(H,24,27)/t18-/m0/s1. The quantitative estimate of drug-likeness (QED) is 0.667. The van der Waals surface area contributed by atoms with Crippen LogP contribution >= 0.6 is 0 Å². The van der Waals surface area contributed by atoms with Crippen molar-refractivity contribution in [3.8, 4) is 0 Å². The van der Waals surface area contributed by atoms with Crippen LogP contribution in [0.2, 0.25) is 0 Å². The lowest BCUT2D eigenvalue weighted by atomic mass is 9.98. The highest BCUT2D eigenvalue weighted by Gasteiger charge is 2.39. The predicted octanol–water partition coefficient (Wildman–Crippen LogP) is 3.17. The van der Waals surface area contributed by atoms with Gasteiger partial charge in [0.1, 0.15) is 10.5 Å². The number of aromatic nitrogens is 1. The number of esters is 1. The van der Waals surface area contributed by atoms with Crippen LogP contribution in [0.3, 0.4) is 0 Å². The molecule has 0 aliphatic carbocycles. The number of hydrogen-bond donors (Lipinski definition) is 1. The summed E-state index contributed by atoms with van der Waals surface area (Å²) in [4.78, 5) is 25.4. The molecule has 2 aromatic rings. The molecule has 9 heteroatoms. The maximum atomic E-state index is 13.6. The van der Waals surface area contributed by atoms with E-state index in [0.717, 1.165) is 5.56 Å². The molecule has 0 saturated carbocycles. The molecule has 0 unspecified atom stereocenters. The number of nitrogens with one attached hydrogen (secondary N) is 1. The molecule has 1 atom stereocenters. The van der Waals surface area contributed by atoms with Crippen LogP contribution in [-0.4, -0.2) is 48.9 Å². The lowest BCUT2D eigenvalue weighted by Crippen LogP contribution is -2.44. The fourth-order valence-corrected chi connectivity index (χ4v) is 6.06. The smallest absolute Gasteiger partial charge is 0.341 e. The molecule has 1 saturated heterocycles. The summed E-state index contributed by atoms with van der Waals surface area (Å²) in [6.45, 7) is 7.53. The van der Waals surface area contributed by atoms with E-state index in [1.54, 1.807) is 32.4 Å². The zero-order chi connectivity index (χ0) is 23.6. The minimum Gasteiger partial charge on any atom is -0.462 e. The summed E-state index contributed by atoms with van der Waals surface area (Å²) in [5.74, 6) is -1.34. The Morgan fingerprint density at radius 2 is 1.78 bits per heavy atom. The first-order chi connectivity index (χ1) is 15.1. The van der Waals surface area contributed by atoms with Crippen molar-refractivity contribution >= 4 is 27.6 Å². The molecule has 2 heterocycles. The number of ether oxygens (including phenoxy) is 1. The van der Waals surface area contributed by atoms with Crippen LogP contribution in [0.1, 0.15) is 47.1 Å². The number of rotatable bonds is 6. The molecule has 0 bridgehead atoms. The van der Waals surface area contributed by atoms with E-state index in [0.29, 0.717) is 36.5 Å². The molecule has 8 nitrogen and oxygen atoms in total. The second-order valence-corrected chi connectivity index (χ2v) is 10.1. The number of carbonyl (C=O) groups is 2. The van der Waals surface area contributed by atoms with Crippen LogP contribution in [0.4, 0.5) is 5.69 Å². The van der Waals surface area contributed by atoms with E-state index in [9.17, 15) is 18.0 Å². The first-order valence-corrected chi connectivity index (χ1v) is 12.2. The maximum Gasteiger partial charge on any atom is 0.341 e. The Morgan fingerprint density at radius 1 is 1.12 bits per heavy atom. The lowest BCUT2D eigenvalue weighted by molar-refractivity contribution is -0.120. The largest absolute Gasteiger partial charge is 0.462 e. The molecular weight excluding hydrogens is 430 g/mol. The fourth-order valence-electron chi connectivity index (χ4n) is 4.06. The number of piperidine rings is 1. The molecule has 1 aliphatic rings. The van der Waals surface area contributed by atoms with E-state index in [2.05, 4.69) is 5.32 Å². The van der Waals surface area contributed by atoms with Gasteiger partial charge in [0.2, 0.25) is 15.9 Å². The summed E-state index contributed by atoms with van der Waals surface area (Å²) in [6.07, 6.45) is 1.16. The Morgan fingerprint density at radius 3 is 2.41 bits per heavy atom. The van der Waals surface area contributed by atoms with Crippen molar-refractivity contribution in [1.29, 1.82) is 0 Å². The van der Waals surface area contributed by atoms with Crippen molar-refractivity contribution < 1.29 is 22.7 Å². The van der Waals surface area contributed by atoms with Gasteiger partial charge in [0, 0.05) is 37.2 Å². The Bertz CT molecular complexity index is 1120. The van der Waals surface area contributed by atoms with Crippen molar-refractivity contribution in [1.82, 2.24) is 8.87 Å². The molecule has 1 fully saturated rings. The van der Waals surface area contributed by atoms with Crippen LogP contribution in [0.15, 0.2) is 29.2 Å². The van der Waals surface area contributed by atoms with Gasteiger partial charge in [0.15, 0.2) is 0 Å². The van der Waals surface area contributed by atoms with E-state index < -0.39 is 21.9 Å². The third-order valence-corrected chi connectivity index (χ3v) is 8.10. The van der Waals surface area contributed by atoms with Crippen molar-refractivity contribution in [2.45, 2.75) is 45.4 Å². The van der Waals surface area contributed by atoms with Gasteiger partial charge in [0.25, 0.3) is 0 Å². The van der Waals surface area contributed by atoms with Gasteiger partial charge in [-0.05, 0) is 52.7 Å². The monoisotopic (exact) mass is 461 g/mol. The van der Waals surface area contributed by atoms with Crippen LogP contribution in [0.25, 0.3) is 0 Å². The highest BCUT2D eigenvalue weighted by Crippen LogP contribution is 2.32. The summed E-state index contributed by atoms with van der Waals surface area (Å²) in [5.41, 5.74) is 2.84. The highest BCUT2D eigenvalue weighted by atomic mass is 32.2.